The van der Waals surface area contributed by atoms with E-state index < -0.39 is 0 Å². The second-order valence-corrected chi connectivity index (χ2v) is 7.20. The van der Waals surface area contributed by atoms with E-state index in [2.05, 4.69) is 76.5 Å². The van der Waals surface area contributed by atoms with Gasteiger partial charge in [0.05, 0.1) is 0 Å². The van der Waals surface area contributed by atoms with Crippen LogP contribution in [0.15, 0.2) is 78.9 Å². The molecule has 1 saturated heterocycles. The molecule has 0 spiro atoms. The standard InChI is InChI=1S/C23H23ClN2/c24-21-12-10-19(11-13-21)23-9-5-4-6-20(23)18-25-14-16-26(17-15-25)22-7-2-1-3-8-22/h1-13H,14-18H2. The highest BCUT2D eigenvalue weighted by Crippen LogP contribution is 2.26. The molecular formula is C23H23ClN2. The fourth-order valence-electron chi connectivity index (χ4n) is 3.61. The van der Waals surface area contributed by atoms with E-state index in [1.807, 2.05) is 12.1 Å². The number of halogens is 1. The Bertz CT molecular complexity index is 838. The largest absolute Gasteiger partial charge is 0.369 e. The first kappa shape index (κ1) is 17.1. The first-order valence-corrected chi connectivity index (χ1v) is 9.53. The average molecular weight is 363 g/mol. The number of anilines is 1. The van der Waals surface area contributed by atoms with Gasteiger partial charge in [-0.05, 0) is 41.0 Å². The maximum absolute atomic E-state index is 6.05. The molecule has 0 N–H and O–H groups in total. The summed E-state index contributed by atoms with van der Waals surface area (Å²) in [4.78, 5) is 5.02. The second kappa shape index (κ2) is 7.94. The van der Waals surface area contributed by atoms with Gasteiger partial charge < -0.3 is 4.90 Å². The first-order chi connectivity index (χ1) is 12.8. The lowest BCUT2D eigenvalue weighted by atomic mass is 9.99. The van der Waals surface area contributed by atoms with Gasteiger partial charge in [0, 0.05) is 43.4 Å². The Labute approximate surface area is 160 Å². The Kier molecular flexibility index (Phi) is 5.24. The third kappa shape index (κ3) is 3.92. The van der Waals surface area contributed by atoms with Crippen molar-refractivity contribution < 1.29 is 0 Å². The monoisotopic (exact) mass is 362 g/mol. The van der Waals surface area contributed by atoms with Crippen molar-refractivity contribution in [3.63, 3.8) is 0 Å². The predicted molar refractivity (Wildman–Crippen MR) is 111 cm³/mol. The smallest absolute Gasteiger partial charge is 0.0406 e. The van der Waals surface area contributed by atoms with Crippen LogP contribution in [0.2, 0.25) is 5.02 Å². The molecule has 132 valence electrons. The maximum atomic E-state index is 6.05. The third-order valence-corrected chi connectivity index (χ3v) is 5.31. The van der Waals surface area contributed by atoms with E-state index in [1.165, 1.54) is 22.4 Å². The van der Waals surface area contributed by atoms with Crippen molar-refractivity contribution in [1.82, 2.24) is 4.90 Å². The van der Waals surface area contributed by atoms with Crippen LogP contribution in [0.4, 0.5) is 5.69 Å². The van der Waals surface area contributed by atoms with Crippen molar-refractivity contribution in [2.75, 3.05) is 31.1 Å². The fourth-order valence-corrected chi connectivity index (χ4v) is 3.74. The molecule has 0 aliphatic carbocycles. The quantitative estimate of drug-likeness (QED) is 0.619. The summed E-state index contributed by atoms with van der Waals surface area (Å²) in [5, 5.41) is 0.781. The minimum atomic E-state index is 0.781. The van der Waals surface area contributed by atoms with Gasteiger partial charge in [-0.3, -0.25) is 4.90 Å². The predicted octanol–water partition coefficient (Wildman–Crippen LogP) is 5.33. The molecule has 0 unspecified atom stereocenters. The molecule has 0 saturated carbocycles. The van der Waals surface area contributed by atoms with Crippen LogP contribution in [0, 0.1) is 0 Å². The highest BCUT2D eigenvalue weighted by molar-refractivity contribution is 6.30. The molecule has 4 rings (SSSR count). The van der Waals surface area contributed by atoms with E-state index in [0.29, 0.717) is 0 Å². The van der Waals surface area contributed by atoms with Gasteiger partial charge in [-0.1, -0.05) is 66.2 Å². The zero-order valence-corrected chi connectivity index (χ0v) is 15.6. The third-order valence-electron chi connectivity index (χ3n) is 5.06. The summed E-state index contributed by atoms with van der Waals surface area (Å²) >= 11 is 6.05. The number of benzene rings is 3. The zero-order chi connectivity index (χ0) is 17.8. The molecule has 3 heteroatoms. The molecule has 26 heavy (non-hydrogen) atoms. The van der Waals surface area contributed by atoms with Crippen molar-refractivity contribution in [3.8, 4) is 11.1 Å². The minimum absolute atomic E-state index is 0.781. The van der Waals surface area contributed by atoms with Crippen LogP contribution in [0.3, 0.4) is 0 Å². The van der Waals surface area contributed by atoms with Gasteiger partial charge >= 0.3 is 0 Å². The van der Waals surface area contributed by atoms with E-state index in [4.69, 9.17) is 11.6 Å². The molecule has 1 aliphatic rings. The van der Waals surface area contributed by atoms with E-state index in [-0.39, 0.29) is 0 Å². The summed E-state index contributed by atoms with van der Waals surface area (Å²) in [5.74, 6) is 0. The van der Waals surface area contributed by atoms with Gasteiger partial charge in [-0.2, -0.15) is 0 Å². The Morgan fingerprint density at radius 3 is 2.08 bits per heavy atom. The van der Waals surface area contributed by atoms with E-state index in [1.54, 1.807) is 0 Å². The Balaban J connectivity index is 1.45. The van der Waals surface area contributed by atoms with E-state index in [9.17, 15) is 0 Å². The molecule has 1 fully saturated rings. The van der Waals surface area contributed by atoms with Gasteiger partial charge in [0.25, 0.3) is 0 Å². The summed E-state index contributed by atoms with van der Waals surface area (Å²) in [5.41, 5.74) is 5.24. The Morgan fingerprint density at radius 2 is 1.35 bits per heavy atom. The van der Waals surface area contributed by atoms with Crippen molar-refractivity contribution in [1.29, 1.82) is 0 Å². The molecule has 2 nitrogen and oxygen atoms in total. The van der Waals surface area contributed by atoms with Crippen LogP contribution in [0.5, 0.6) is 0 Å². The second-order valence-electron chi connectivity index (χ2n) is 6.76. The average Bonchev–Trinajstić information content (AvgIpc) is 2.70. The number of hydrogen-bond acceptors (Lipinski definition) is 2. The topological polar surface area (TPSA) is 6.48 Å². The summed E-state index contributed by atoms with van der Waals surface area (Å²) < 4.78 is 0. The molecule has 0 radical (unpaired) electrons. The molecule has 3 aromatic carbocycles. The van der Waals surface area contributed by atoms with E-state index >= 15 is 0 Å². The summed E-state index contributed by atoms with van der Waals surface area (Å²) in [6, 6.07) is 27.5. The van der Waals surface area contributed by atoms with Gasteiger partial charge in [0.1, 0.15) is 0 Å². The number of rotatable bonds is 4. The maximum Gasteiger partial charge on any atom is 0.0406 e. The highest BCUT2D eigenvalue weighted by Gasteiger charge is 2.18. The number of nitrogens with zero attached hydrogens (tertiary/aromatic N) is 2. The lowest BCUT2D eigenvalue weighted by Crippen LogP contribution is -2.46. The SMILES string of the molecule is Clc1ccc(-c2ccccc2CN2CCN(c3ccccc3)CC2)cc1. The van der Waals surface area contributed by atoms with Crippen molar-refractivity contribution >= 4 is 17.3 Å². The summed E-state index contributed by atoms with van der Waals surface area (Å²) in [7, 11) is 0. The Hall–Kier alpha value is -2.29. The van der Waals surface area contributed by atoms with Crippen LogP contribution in [0.25, 0.3) is 11.1 Å². The lowest BCUT2D eigenvalue weighted by Gasteiger charge is -2.36. The van der Waals surface area contributed by atoms with Gasteiger partial charge in [0.15, 0.2) is 0 Å². The van der Waals surface area contributed by atoms with Crippen molar-refractivity contribution in [2.45, 2.75) is 6.54 Å². The molecule has 0 atom stereocenters. The summed E-state index contributed by atoms with van der Waals surface area (Å²) in [6.45, 7) is 5.31. The normalized spacial score (nSPS) is 15.2. The fraction of sp³-hybridized carbons (Fsp3) is 0.217. The molecule has 0 amide bonds. The number of hydrogen-bond donors (Lipinski definition) is 0. The lowest BCUT2D eigenvalue weighted by molar-refractivity contribution is 0.250. The number of para-hydroxylation sites is 1. The molecule has 0 aromatic heterocycles. The first-order valence-electron chi connectivity index (χ1n) is 9.16. The van der Waals surface area contributed by atoms with Crippen molar-refractivity contribution in [2.24, 2.45) is 0 Å². The van der Waals surface area contributed by atoms with Crippen LogP contribution >= 0.6 is 11.6 Å². The van der Waals surface area contributed by atoms with Gasteiger partial charge in [-0.15, -0.1) is 0 Å². The zero-order valence-electron chi connectivity index (χ0n) is 14.8. The Morgan fingerprint density at radius 1 is 0.692 bits per heavy atom. The van der Waals surface area contributed by atoms with Crippen LogP contribution in [-0.2, 0) is 6.54 Å². The molecular weight excluding hydrogens is 340 g/mol. The van der Waals surface area contributed by atoms with E-state index in [0.717, 1.165) is 37.7 Å². The van der Waals surface area contributed by atoms with Gasteiger partial charge in [0.2, 0.25) is 0 Å². The van der Waals surface area contributed by atoms with Gasteiger partial charge in [-0.25, -0.2) is 0 Å². The molecule has 1 aliphatic heterocycles. The van der Waals surface area contributed by atoms with Crippen LogP contribution < -0.4 is 4.90 Å². The summed E-state index contributed by atoms with van der Waals surface area (Å²) in [6.07, 6.45) is 0. The molecule has 1 heterocycles. The van der Waals surface area contributed by atoms with Crippen LogP contribution in [0.1, 0.15) is 5.56 Å². The minimum Gasteiger partial charge on any atom is -0.369 e. The van der Waals surface area contributed by atoms with Crippen molar-refractivity contribution in [3.05, 3.63) is 89.4 Å². The molecule has 3 aromatic rings. The highest BCUT2D eigenvalue weighted by atomic mass is 35.5. The van der Waals surface area contributed by atoms with Crippen LogP contribution in [-0.4, -0.2) is 31.1 Å². The number of piperazine rings is 1. The molecule has 0 bridgehead atoms.